The molecule has 1 atom stereocenters. The Morgan fingerprint density at radius 1 is 1.42 bits per heavy atom. The third-order valence-electron chi connectivity index (χ3n) is 1.94. The molecular weight excluding hydrogens is 214 g/mol. The lowest BCUT2D eigenvalue weighted by molar-refractivity contribution is 0.955. The number of rotatable bonds is 0. The summed E-state index contributed by atoms with van der Waals surface area (Å²) < 4.78 is 0. The molecule has 0 saturated heterocycles. The number of fused-ring (bicyclic) bond motifs is 1. The normalized spacial score (nSPS) is 26.5. The fourth-order valence-electron chi connectivity index (χ4n) is 1.32. The molecule has 0 spiro atoms. The number of alkyl halides is 1. The Kier molecular flexibility index (Phi) is 1.93. The van der Waals surface area contributed by atoms with Crippen LogP contribution in [0, 0.1) is 0 Å². The van der Waals surface area contributed by atoms with Crippen LogP contribution in [-0.2, 0) is 0 Å². The number of allylic oxidation sites excluding steroid dienone is 6. The SMILES string of the molecule is CC1=CC=C2C=CC(Br)C=C2N1. The second kappa shape index (κ2) is 2.94. The second-order valence-corrected chi connectivity index (χ2v) is 4.04. The monoisotopic (exact) mass is 223 g/mol. The van der Waals surface area contributed by atoms with Crippen LogP contribution in [0.2, 0.25) is 0 Å². The van der Waals surface area contributed by atoms with E-state index in [4.69, 9.17) is 0 Å². The molecule has 1 nitrogen and oxygen atoms in total. The molecule has 62 valence electrons. The van der Waals surface area contributed by atoms with Gasteiger partial charge in [-0.2, -0.15) is 0 Å². The Hall–Kier alpha value is -0.760. The quantitative estimate of drug-likeness (QED) is 0.623. The molecule has 2 aliphatic rings. The van der Waals surface area contributed by atoms with Crippen molar-refractivity contribution in [3.8, 4) is 0 Å². The van der Waals surface area contributed by atoms with Crippen molar-refractivity contribution in [1.29, 1.82) is 0 Å². The highest BCUT2D eigenvalue weighted by Crippen LogP contribution is 2.23. The molecule has 2 rings (SSSR count). The van der Waals surface area contributed by atoms with E-state index >= 15 is 0 Å². The third kappa shape index (κ3) is 1.39. The summed E-state index contributed by atoms with van der Waals surface area (Å²) in [6.45, 7) is 2.07. The lowest BCUT2D eigenvalue weighted by Crippen LogP contribution is -2.18. The van der Waals surface area contributed by atoms with Crippen molar-refractivity contribution >= 4 is 15.9 Å². The zero-order chi connectivity index (χ0) is 8.55. The van der Waals surface area contributed by atoms with Crippen LogP contribution >= 0.6 is 15.9 Å². The van der Waals surface area contributed by atoms with E-state index in [1.165, 1.54) is 17.0 Å². The first kappa shape index (κ1) is 7.87. The molecule has 0 saturated carbocycles. The van der Waals surface area contributed by atoms with Crippen LogP contribution < -0.4 is 5.32 Å². The van der Waals surface area contributed by atoms with Crippen LogP contribution in [0.1, 0.15) is 6.92 Å². The van der Waals surface area contributed by atoms with E-state index < -0.39 is 0 Å². The van der Waals surface area contributed by atoms with Gasteiger partial charge in [-0.05, 0) is 24.6 Å². The molecule has 1 N–H and O–H groups in total. The summed E-state index contributed by atoms with van der Waals surface area (Å²) in [7, 11) is 0. The van der Waals surface area contributed by atoms with Crippen LogP contribution in [0.5, 0.6) is 0 Å². The van der Waals surface area contributed by atoms with Crippen LogP contribution in [0.3, 0.4) is 0 Å². The van der Waals surface area contributed by atoms with Gasteiger partial charge in [0.25, 0.3) is 0 Å². The van der Waals surface area contributed by atoms with Crippen molar-refractivity contribution in [1.82, 2.24) is 5.32 Å². The van der Waals surface area contributed by atoms with E-state index in [9.17, 15) is 0 Å². The maximum Gasteiger partial charge on any atom is 0.0532 e. The summed E-state index contributed by atoms with van der Waals surface area (Å²) in [5, 5.41) is 3.32. The van der Waals surface area contributed by atoms with E-state index in [0.29, 0.717) is 4.83 Å². The number of hydrogen-bond donors (Lipinski definition) is 1. The summed E-state index contributed by atoms with van der Waals surface area (Å²) in [4.78, 5) is 0.364. The first-order valence-electron chi connectivity index (χ1n) is 3.96. The van der Waals surface area contributed by atoms with Gasteiger partial charge in [0.05, 0.1) is 4.83 Å². The van der Waals surface area contributed by atoms with E-state index in [-0.39, 0.29) is 0 Å². The standard InChI is InChI=1S/C10H10BrN/c1-7-2-3-8-4-5-9(11)6-10(8)12-7/h2-6,9,12H,1H3. The Bertz CT molecular complexity index is 321. The van der Waals surface area contributed by atoms with Gasteiger partial charge in [0.1, 0.15) is 0 Å². The van der Waals surface area contributed by atoms with Gasteiger partial charge < -0.3 is 5.32 Å². The average Bonchev–Trinajstić information content (AvgIpc) is 2.03. The number of hydrogen-bond acceptors (Lipinski definition) is 1. The van der Waals surface area contributed by atoms with Gasteiger partial charge in [0, 0.05) is 11.4 Å². The molecule has 12 heavy (non-hydrogen) atoms. The summed E-state index contributed by atoms with van der Waals surface area (Å²) in [6, 6.07) is 0. The topological polar surface area (TPSA) is 12.0 Å². The first-order valence-corrected chi connectivity index (χ1v) is 4.87. The molecule has 0 radical (unpaired) electrons. The van der Waals surface area contributed by atoms with Crippen LogP contribution in [-0.4, -0.2) is 4.83 Å². The van der Waals surface area contributed by atoms with Gasteiger partial charge in [0.15, 0.2) is 0 Å². The zero-order valence-electron chi connectivity index (χ0n) is 6.84. The molecule has 2 heteroatoms. The highest BCUT2D eigenvalue weighted by Gasteiger charge is 2.11. The van der Waals surface area contributed by atoms with E-state index in [1.54, 1.807) is 0 Å². The lowest BCUT2D eigenvalue weighted by atomic mass is 10.0. The van der Waals surface area contributed by atoms with Gasteiger partial charge in [-0.25, -0.2) is 0 Å². The Morgan fingerprint density at radius 2 is 2.25 bits per heavy atom. The van der Waals surface area contributed by atoms with E-state index in [1.807, 2.05) is 0 Å². The van der Waals surface area contributed by atoms with Crippen molar-refractivity contribution in [2.45, 2.75) is 11.8 Å². The zero-order valence-corrected chi connectivity index (χ0v) is 8.43. The van der Waals surface area contributed by atoms with Crippen molar-refractivity contribution in [2.24, 2.45) is 0 Å². The van der Waals surface area contributed by atoms with Crippen molar-refractivity contribution in [3.05, 3.63) is 47.3 Å². The Morgan fingerprint density at radius 3 is 3.08 bits per heavy atom. The van der Waals surface area contributed by atoms with Crippen molar-refractivity contribution in [3.63, 3.8) is 0 Å². The summed E-state index contributed by atoms with van der Waals surface area (Å²) in [5.41, 5.74) is 3.66. The van der Waals surface area contributed by atoms with Gasteiger partial charge in [-0.15, -0.1) is 0 Å². The molecule has 0 aromatic heterocycles. The predicted molar refractivity (Wildman–Crippen MR) is 54.9 cm³/mol. The van der Waals surface area contributed by atoms with Crippen molar-refractivity contribution < 1.29 is 0 Å². The smallest absolute Gasteiger partial charge is 0.0532 e. The minimum atomic E-state index is 0.364. The highest BCUT2D eigenvalue weighted by molar-refractivity contribution is 9.09. The van der Waals surface area contributed by atoms with Gasteiger partial charge >= 0.3 is 0 Å². The molecular formula is C10H10BrN. The number of nitrogens with one attached hydrogen (secondary N) is 1. The third-order valence-corrected chi connectivity index (χ3v) is 2.51. The molecule has 0 aromatic carbocycles. The minimum absolute atomic E-state index is 0.364. The van der Waals surface area contributed by atoms with E-state index in [0.717, 1.165) is 0 Å². The van der Waals surface area contributed by atoms with Gasteiger partial charge in [-0.3, -0.25) is 0 Å². The second-order valence-electron chi connectivity index (χ2n) is 2.98. The molecule has 1 unspecified atom stereocenters. The number of halogens is 1. The molecule has 0 amide bonds. The average molecular weight is 224 g/mol. The lowest BCUT2D eigenvalue weighted by Gasteiger charge is -2.20. The van der Waals surface area contributed by atoms with Crippen LogP contribution in [0.25, 0.3) is 0 Å². The van der Waals surface area contributed by atoms with Crippen LogP contribution in [0.4, 0.5) is 0 Å². The van der Waals surface area contributed by atoms with E-state index in [2.05, 4.69) is 58.6 Å². The fraction of sp³-hybridized carbons (Fsp3) is 0.200. The highest BCUT2D eigenvalue weighted by atomic mass is 79.9. The summed E-state index contributed by atoms with van der Waals surface area (Å²) in [5.74, 6) is 0. The maximum absolute atomic E-state index is 3.52. The first-order chi connectivity index (χ1) is 5.75. The summed E-state index contributed by atoms with van der Waals surface area (Å²) >= 11 is 3.52. The molecule has 1 aliphatic heterocycles. The van der Waals surface area contributed by atoms with Gasteiger partial charge in [-0.1, -0.05) is 34.2 Å². The fourth-order valence-corrected chi connectivity index (χ4v) is 1.74. The van der Waals surface area contributed by atoms with Crippen molar-refractivity contribution in [2.75, 3.05) is 0 Å². The molecule has 1 aliphatic carbocycles. The Labute approximate surface area is 80.7 Å². The Balaban J connectivity index is 2.36. The van der Waals surface area contributed by atoms with Gasteiger partial charge in [0.2, 0.25) is 0 Å². The largest absolute Gasteiger partial charge is 0.359 e. The molecule has 0 aromatic rings. The molecule has 0 bridgehead atoms. The predicted octanol–water partition coefficient (Wildman–Crippen LogP) is 2.64. The maximum atomic E-state index is 3.52. The van der Waals surface area contributed by atoms with Crippen LogP contribution in [0.15, 0.2) is 47.3 Å². The molecule has 1 heterocycles. The molecule has 0 fully saturated rings. The summed E-state index contributed by atoms with van der Waals surface area (Å²) in [6.07, 6.45) is 10.6. The number of dihydropyridines is 1. The minimum Gasteiger partial charge on any atom is -0.359 e.